The second-order valence-corrected chi connectivity index (χ2v) is 6.03. The van der Waals surface area contributed by atoms with Crippen molar-refractivity contribution in [3.05, 3.63) is 28.9 Å². The fraction of sp³-hybridized carbons (Fsp3) is 0.333. The number of rotatable bonds is 1. The zero-order chi connectivity index (χ0) is 11.7. The van der Waals surface area contributed by atoms with E-state index in [9.17, 15) is 0 Å². The first-order chi connectivity index (χ1) is 8.34. The quantitative estimate of drug-likeness (QED) is 0.810. The number of para-hydroxylation sites is 1. The average Bonchev–Trinajstić information content (AvgIpc) is 2.40. The summed E-state index contributed by atoms with van der Waals surface area (Å²) in [7, 11) is 0. The summed E-state index contributed by atoms with van der Waals surface area (Å²) in [6.45, 7) is 2.08. The van der Waals surface area contributed by atoms with Gasteiger partial charge in [0.05, 0.1) is 5.52 Å². The van der Waals surface area contributed by atoms with Crippen LogP contribution in [0.25, 0.3) is 10.9 Å². The number of fused-ring (bicyclic) bond motifs is 1. The first-order valence-corrected chi connectivity index (χ1v) is 7.53. The minimum absolute atomic E-state index is 0.852. The van der Waals surface area contributed by atoms with E-state index in [2.05, 4.69) is 30.8 Å². The fourth-order valence-corrected chi connectivity index (χ4v) is 3.30. The molecule has 1 fully saturated rings. The molecule has 0 unspecified atom stereocenters. The van der Waals surface area contributed by atoms with Gasteiger partial charge < -0.3 is 4.90 Å². The number of hydrogen-bond acceptors (Lipinski definition) is 4. The van der Waals surface area contributed by atoms with Crippen molar-refractivity contribution in [3.63, 3.8) is 0 Å². The Bertz CT molecular complexity index is 540. The number of anilines is 1. The molecule has 0 N–H and O–H groups in total. The Morgan fingerprint density at radius 1 is 1.24 bits per heavy atom. The standard InChI is InChI=1S/C12H12BrN3S/c13-10-3-1-2-9-8-14-12(15-11(9)10)16-4-6-17-7-5-16/h1-3,8H,4-7H2. The molecular weight excluding hydrogens is 298 g/mol. The van der Waals surface area contributed by atoms with Crippen molar-refractivity contribution >= 4 is 44.5 Å². The van der Waals surface area contributed by atoms with Crippen molar-refractivity contribution in [2.24, 2.45) is 0 Å². The Balaban J connectivity index is 2.03. The fourth-order valence-electron chi connectivity index (χ4n) is 1.93. The van der Waals surface area contributed by atoms with Crippen LogP contribution in [0.3, 0.4) is 0 Å². The molecule has 0 atom stereocenters. The highest BCUT2D eigenvalue weighted by atomic mass is 79.9. The second kappa shape index (κ2) is 4.82. The van der Waals surface area contributed by atoms with E-state index in [1.807, 2.05) is 36.2 Å². The molecule has 1 saturated heterocycles. The first kappa shape index (κ1) is 11.3. The van der Waals surface area contributed by atoms with Gasteiger partial charge in [0.15, 0.2) is 0 Å². The Morgan fingerprint density at radius 3 is 2.88 bits per heavy atom. The Hall–Kier alpha value is -0.810. The molecule has 0 saturated carbocycles. The van der Waals surface area contributed by atoms with Crippen LogP contribution in [-0.2, 0) is 0 Å². The highest BCUT2D eigenvalue weighted by Crippen LogP contribution is 2.24. The average molecular weight is 310 g/mol. The van der Waals surface area contributed by atoms with E-state index in [1.165, 1.54) is 0 Å². The number of benzene rings is 1. The first-order valence-electron chi connectivity index (χ1n) is 5.58. The van der Waals surface area contributed by atoms with Crippen molar-refractivity contribution in [3.8, 4) is 0 Å². The molecule has 0 aliphatic carbocycles. The number of aromatic nitrogens is 2. The molecule has 0 bridgehead atoms. The number of halogens is 1. The molecule has 2 aromatic rings. The molecule has 3 rings (SSSR count). The molecule has 1 aliphatic rings. The molecule has 0 radical (unpaired) electrons. The molecule has 88 valence electrons. The van der Waals surface area contributed by atoms with Gasteiger partial charge in [-0.15, -0.1) is 0 Å². The van der Waals surface area contributed by atoms with Crippen LogP contribution in [0.5, 0.6) is 0 Å². The normalized spacial score (nSPS) is 16.4. The number of thioether (sulfide) groups is 1. The van der Waals surface area contributed by atoms with Crippen LogP contribution in [0.1, 0.15) is 0 Å². The third-order valence-electron chi connectivity index (χ3n) is 2.84. The molecule has 3 nitrogen and oxygen atoms in total. The van der Waals surface area contributed by atoms with Gasteiger partial charge in [0.25, 0.3) is 0 Å². The third-order valence-corrected chi connectivity index (χ3v) is 4.43. The van der Waals surface area contributed by atoms with Gasteiger partial charge in [-0.05, 0) is 22.0 Å². The lowest BCUT2D eigenvalue weighted by molar-refractivity contribution is 0.820. The van der Waals surface area contributed by atoms with Crippen LogP contribution < -0.4 is 4.90 Å². The van der Waals surface area contributed by atoms with Gasteiger partial charge >= 0.3 is 0 Å². The van der Waals surface area contributed by atoms with E-state index in [4.69, 9.17) is 0 Å². The third kappa shape index (κ3) is 2.26. The maximum atomic E-state index is 4.66. The SMILES string of the molecule is Brc1cccc2cnc(N3CCSCC3)nc12. The van der Waals surface area contributed by atoms with Crippen molar-refractivity contribution in [1.29, 1.82) is 0 Å². The van der Waals surface area contributed by atoms with Crippen LogP contribution in [0.2, 0.25) is 0 Å². The molecule has 0 amide bonds. The Labute approximate surface area is 113 Å². The summed E-state index contributed by atoms with van der Waals surface area (Å²) < 4.78 is 1.03. The minimum Gasteiger partial charge on any atom is -0.339 e. The lowest BCUT2D eigenvalue weighted by Gasteiger charge is -2.26. The Morgan fingerprint density at radius 2 is 2.06 bits per heavy atom. The van der Waals surface area contributed by atoms with Crippen LogP contribution in [0, 0.1) is 0 Å². The lowest BCUT2D eigenvalue weighted by atomic mass is 10.2. The minimum atomic E-state index is 0.852. The summed E-state index contributed by atoms with van der Waals surface area (Å²) in [6, 6.07) is 6.06. The van der Waals surface area contributed by atoms with Gasteiger partial charge in [0, 0.05) is 40.7 Å². The molecular formula is C12H12BrN3S. The smallest absolute Gasteiger partial charge is 0.225 e. The maximum absolute atomic E-state index is 4.66. The summed E-state index contributed by atoms with van der Waals surface area (Å²) in [5.41, 5.74) is 0.996. The number of hydrogen-bond donors (Lipinski definition) is 0. The van der Waals surface area contributed by atoms with Crippen molar-refractivity contribution in [1.82, 2.24) is 9.97 Å². The second-order valence-electron chi connectivity index (χ2n) is 3.95. The number of nitrogens with zero attached hydrogens (tertiary/aromatic N) is 3. The molecule has 2 heterocycles. The maximum Gasteiger partial charge on any atom is 0.225 e. The van der Waals surface area contributed by atoms with Gasteiger partial charge in [-0.1, -0.05) is 12.1 Å². The molecule has 1 aromatic heterocycles. The molecule has 0 spiro atoms. The van der Waals surface area contributed by atoms with E-state index in [1.54, 1.807) is 0 Å². The van der Waals surface area contributed by atoms with Gasteiger partial charge in [0.2, 0.25) is 5.95 Å². The summed E-state index contributed by atoms with van der Waals surface area (Å²) in [6.07, 6.45) is 1.91. The summed E-state index contributed by atoms with van der Waals surface area (Å²) >= 11 is 5.54. The van der Waals surface area contributed by atoms with E-state index in [0.29, 0.717) is 0 Å². The van der Waals surface area contributed by atoms with Gasteiger partial charge in [-0.25, -0.2) is 9.97 Å². The molecule has 5 heteroatoms. The summed E-state index contributed by atoms with van der Waals surface area (Å²) in [4.78, 5) is 11.4. The monoisotopic (exact) mass is 309 g/mol. The van der Waals surface area contributed by atoms with E-state index in [0.717, 1.165) is 45.9 Å². The van der Waals surface area contributed by atoms with Gasteiger partial charge in [-0.2, -0.15) is 11.8 Å². The van der Waals surface area contributed by atoms with Crippen molar-refractivity contribution in [2.45, 2.75) is 0 Å². The highest BCUT2D eigenvalue weighted by Gasteiger charge is 2.14. The van der Waals surface area contributed by atoms with Crippen LogP contribution in [0.4, 0.5) is 5.95 Å². The topological polar surface area (TPSA) is 29.0 Å². The lowest BCUT2D eigenvalue weighted by Crippen LogP contribution is -2.33. The van der Waals surface area contributed by atoms with Crippen molar-refractivity contribution < 1.29 is 0 Å². The predicted octanol–water partition coefficient (Wildman–Crippen LogP) is 2.95. The van der Waals surface area contributed by atoms with Crippen molar-refractivity contribution in [2.75, 3.05) is 29.5 Å². The summed E-state index contributed by atoms with van der Waals surface area (Å²) in [5.74, 6) is 3.18. The van der Waals surface area contributed by atoms with Gasteiger partial charge in [-0.3, -0.25) is 0 Å². The zero-order valence-corrected chi connectivity index (χ0v) is 11.7. The largest absolute Gasteiger partial charge is 0.339 e. The van der Waals surface area contributed by atoms with Crippen LogP contribution >= 0.6 is 27.7 Å². The van der Waals surface area contributed by atoms with Gasteiger partial charge in [0.1, 0.15) is 0 Å². The Kier molecular flexibility index (Phi) is 3.20. The van der Waals surface area contributed by atoms with E-state index < -0.39 is 0 Å². The molecule has 17 heavy (non-hydrogen) atoms. The molecule has 1 aromatic carbocycles. The van der Waals surface area contributed by atoms with Crippen LogP contribution in [-0.4, -0.2) is 34.6 Å². The zero-order valence-electron chi connectivity index (χ0n) is 9.27. The van der Waals surface area contributed by atoms with E-state index >= 15 is 0 Å². The van der Waals surface area contributed by atoms with Crippen LogP contribution in [0.15, 0.2) is 28.9 Å². The summed E-state index contributed by atoms with van der Waals surface area (Å²) in [5, 5.41) is 1.08. The van der Waals surface area contributed by atoms with E-state index in [-0.39, 0.29) is 0 Å². The molecule has 1 aliphatic heterocycles. The predicted molar refractivity (Wildman–Crippen MR) is 76.8 cm³/mol. The highest BCUT2D eigenvalue weighted by molar-refractivity contribution is 9.10.